The van der Waals surface area contributed by atoms with Gasteiger partial charge in [-0.1, -0.05) is 0 Å². The SMILES string of the molecule is Cc1ccn(C2CCNCC2)c(=O)c1C(=O)N1CCc2nc(C)n(C)c(=O)c2CC1. The van der Waals surface area contributed by atoms with Crippen LogP contribution >= 0.6 is 0 Å². The van der Waals surface area contributed by atoms with Gasteiger partial charge in [0.25, 0.3) is 17.0 Å². The van der Waals surface area contributed by atoms with Crippen molar-refractivity contribution < 1.29 is 4.79 Å². The Bertz CT molecular complexity index is 1100. The lowest BCUT2D eigenvalue weighted by atomic mass is 10.0. The third-order valence-corrected chi connectivity index (χ3v) is 6.47. The normalized spacial score (nSPS) is 17.5. The zero-order valence-corrected chi connectivity index (χ0v) is 17.9. The van der Waals surface area contributed by atoms with Crippen molar-refractivity contribution in [1.82, 2.24) is 24.3 Å². The van der Waals surface area contributed by atoms with Crippen LogP contribution in [0.4, 0.5) is 0 Å². The Labute approximate surface area is 175 Å². The molecule has 2 aromatic heterocycles. The highest BCUT2D eigenvalue weighted by molar-refractivity contribution is 5.95. The van der Waals surface area contributed by atoms with Crippen molar-refractivity contribution in [3.05, 3.63) is 61.2 Å². The number of rotatable bonds is 2. The van der Waals surface area contributed by atoms with Gasteiger partial charge in [-0.05, 0) is 57.8 Å². The fourth-order valence-electron chi connectivity index (χ4n) is 4.50. The summed E-state index contributed by atoms with van der Waals surface area (Å²) in [6.45, 7) is 6.24. The molecule has 0 aromatic carbocycles. The molecule has 0 bridgehead atoms. The summed E-state index contributed by atoms with van der Waals surface area (Å²) in [6.07, 6.45) is 4.55. The maximum absolute atomic E-state index is 13.4. The lowest BCUT2D eigenvalue weighted by molar-refractivity contribution is 0.0759. The molecular formula is C22H29N5O3. The van der Waals surface area contributed by atoms with Crippen LogP contribution in [0.25, 0.3) is 0 Å². The molecule has 2 aliphatic rings. The number of nitrogens with zero attached hydrogens (tertiary/aromatic N) is 4. The van der Waals surface area contributed by atoms with Crippen LogP contribution in [-0.4, -0.2) is 51.1 Å². The quantitative estimate of drug-likeness (QED) is 0.787. The largest absolute Gasteiger partial charge is 0.338 e. The molecule has 160 valence electrons. The number of hydrogen-bond donors (Lipinski definition) is 1. The van der Waals surface area contributed by atoms with Crippen molar-refractivity contribution in [2.75, 3.05) is 26.2 Å². The van der Waals surface area contributed by atoms with E-state index in [1.165, 1.54) is 0 Å². The minimum absolute atomic E-state index is 0.0454. The fourth-order valence-corrected chi connectivity index (χ4v) is 4.50. The van der Waals surface area contributed by atoms with Crippen molar-refractivity contribution in [3.63, 3.8) is 0 Å². The summed E-state index contributed by atoms with van der Waals surface area (Å²) in [4.78, 5) is 45.5. The van der Waals surface area contributed by atoms with Crippen LogP contribution in [0.15, 0.2) is 21.9 Å². The predicted molar refractivity (Wildman–Crippen MR) is 114 cm³/mol. The van der Waals surface area contributed by atoms with Gasteiger partial charge in [-0.3, -0.25) is 19.0 Å². The van der Waals surface area contributed by atoms with Gasteiger partial charge in [0.05, 0.1) is 5.69 Å². The van der Waals surface area contributed by atoms with Gasteiger partial charge >= 0.3 is 0 Å². The van der Waals surface area contributed by atoms with E-state index in [1.54, 1.807) is 21.1 Å². The van der Waals surface area contributed by atoms with E-state index in [0.717, 1.165) is 31.6 Å². The number of aryl methyl sites for hydroxylation is 2. The van der Waals surface area contributed by atoms with E-state index in [2.05, 4.69) is 10.3 Å². The highest BCUT2D eigenvalue weighted by atomic mass is 16.2. The van der Waals surface area contributed by atoms with Gasteiger partial charge in [-0.15, -0.1) is 0 Å². The molecule has 1 N–H and O–H groups in total. The average molecular weight is 412 g/mol. The highest BCUT2D eigenvalue weighted by Crippen LogP contribution is 2.19. The smallest absolute Gasteiger partial charge is 0.263 e. The third kappa shape index (κ3) is 3.60. The van der Waals surface area contributed by atoms with Gasteiger partial charge in [-0.25, -0.2) is 4.98 Å². The molecule has 8 nitrogen and oxygen atoms in total. The first kappa shape index (κ1) is 20.5. The molecule has 30 heavy (non-hydrogen) atoms. The zero-order chi connectivity index (χ0) is 21.4. The molecule has 0 unspecified atom stereocenters. The summed E-state index contributed by atoms with van der Waals surface area (Å²) in [6, 6.07) is 1.98. The lowest BCUT2D eigenvalue weighted by Gasteiger charge is -2.26. The minimum Gasteiger partial charge on any atom is -0.338 e. The van der Waals surface area contributed by atoms with E-state index in [1.807, 2.05) is 26.1 Å². The Morgan fingerprint density at radius 2 is 1.80 bits per heavy atom. The van der Waals surface area contributed by atoms with Gasteiger partial charge in [0.2, 0.25) is 0 Å². The summed E-state index contributed by atoms with van der Waals surface area (Å²) in [5.41, 5.74) is 2.13. The molecule has 4 heterocycles. The molecule has 1 fully saturated rings. The van der Waals surface area contributed by atoms with Gasteiger partial charge in [0, 0.05) is 44.4 Å². The Morgan fingerprint density at radius 1 is 1.10 bits per heavy atom. The zero-order valence-electron chi connectivity index (χ0n) is 17.9. The molecule has 2 aromatic rings. The van der Waals surface area contributed by atoms with Gasteiger partial charge in [-0.2, -0.15) is 0 Å². The molecule has 4 rings (SSSR count). The summed E-state index contributed by atoms with van der Waals surface area (Å²) >= 11 is 0. The van der Waals surface area contributed by atoms with Crippen LogP contribution in [0.5, 0.6) is 0 Å². The molecule has 1 saturated heterocycles. The second-order valence-corrected chi connectivity index (χ2v) is 8.31. The number of carbonyl (C=O) groups excluding carboxylic acids is 1. The molecule has 0 radical (unpaired) electrons. The molecule has 0 aliphatic carbocycles. The molecule has 1 amide bonds. The molecule has 0 atom stereocenters. The number of fused-ring (bicyclic) bond motifs is 1. The number of nitrogens with one attached hydrogen (secondary N) is 1. The van der Waals surface area contributed by atoms with Crippen molar-refractivity contribution in [2.45, 2.75) is 45.6 Å². The first-order chi connectivity index (χ1) is 14.4. The molecule has 0 spiro atoms. The maximum Gasteiger partial charge on any atom is 0.263 e. The lowest BCUT2D eigenvalue weighted by Crippen LogP contribution is -2.41. The van der Waals surface area contributed by atoms with Crippen molar-refractivity contribution in [3.8, 4) is 0 Å². The van der Waals surface area contributed by atoms with Crippen LogP contribution in [-0.2, 0) is 19.9 Å². The number of pyridine rings is 1. The van der Waals surface area contributed by atoms with Crippen molar-refractivity contribution in [2.24, 2.45) is 7.05 Å². The average Bonchev–Trinajstić information content (AvgIpc) is 2.95. The topological polar surface area (TPSA) is 89.2 Å². The van der Waals surface area contributed by atoms with Crippen LogP contribution in [0.1, 0.15) is 51.9 Å². The van der Waals surface area contributed by atoms with Crippen LogP contribution in [0.3, 0.4) is 0 Å². The summed E-state index contributed by atoms with van der Waals surface area (Å²) in [5.74, 6) is 0.421. The Kier molecular flexibility index (Phi) is 5.60. The second kappa shape index (κ2) is 8.18. The molecule has 0 saturated carbocycles. The summed E-state index contributed by atoms with van der Waals surface area (Å²) in [5, 5.41) is 3.31. The maximum atomic E-state index is 13.4. The monoisotopic (exact) mass is 411 g/mol. The third-order valence-electron chi connectivity index (χ3n) is 6.47. The second-order valence-electron chi connectivity index (χ2n) is 8.31. The minimum atomic E-state index is -0.248. The van der Waals surface area contributed by atoms with Crippen molar-refractivity contribution in [1.29, 1.82) is 0 Å². The molecular weight excluding hydrogens is 382 g/mol. The first-order valence-corrected chi connectivity index (χ1v) is 10.7. The summed E-state index contributed by atoms with van der Waals surface area (Å²) in [7, 11) is 1.72. The van der Waals surface area contributed by atoms with E-state index in [0.29, 0.717) is 42.9 Å². The summed E-state index contributed by atoms with van der Waals surface area (Å²) < 4.78 is 3.28. The number of amides is 1. The Balaban J connectivity index is 1.63. The van der Waals surface area contributed by atoms with E-state index in [9.17, 15) is 14.4 Å². The fraction of sp³-hybridized carbons (Fsp3) is 0.545. The number of aromatic nitrogens is 3. The van der Waals surface area contributed by atoms with Crippen LogP contribution < -0.4 is 16.4 Å². The van der Waals surface area contributed by atoms with E-state index < -0.39 is 0 Å². The predicted octanol–water partition coefficient (Wildman–Crippen LogP) is 0.724. The van der Waals surface area contributed by atoms with Crippen molar-refractivity contribution >= 4 is 5.91 Å². The number of carbonyl (C=O) groups is 1. The van der Waals surface area contributed by atoms with E-state index in [4.69, 9.17) is 0 Å². The molecule has 8 heteroatoms. The highest BCUT2D eigenvalue weighted by Gasteiger charge is 2.27. The van der Waals surface area contributed by atoms with Crippen LogP contribution in [0.2, 0.25) is 0 Å². The van der Waals surface area contributed by atoms with E-state index in [-0.39, 0.29) is 28.6 Å². The number of piperidine rings is 1. The molecule has 2 aliphatic heterocycles. The van der Waals surface area contributed by atoms with E-state index >= 15 is 0 Å². The standard InChI is InChI=1S/C22H29N5O3/c1-14-6-13-27(16-4-9-23-10-5-16)22(30)19(14)21(29)26-11-7-17-18(8-12-26)24-15(2)25(3)20(17)28/h6,13,16,23H,4-5,7-12H2,1-3H3. The van der Waals surface area contributed by atoms with Gasteiger partial charge in [0.1, 0.15) is 11.4 Å². The Morgan fingerprint density at radius 3 is 2.53 bits per heavy atom. The Hall–Kier alpha value is -2.74. The van der Waals surface area contributed by atoms with Gasteiger partial charge < -0.3 is 14.8 Å². The van der Waals surface area contributed by atoms with Gasteiger partial charge in [0.15, 0.2) is 0 Å². The first-order valence-electron chi connectivity index (χ1n) is 10.7. The van der Waals surface area contributed by atoms with Crippen LogP contribution in [0, 0.1) is 13.8 Å². The number of hydrogen-bond acceptors (Lipinski definition) is 5.